The molecule has 1 saturated heterocycles. The molecule has 12 heteroatoms. The van der Waals surface area contributed by atoms with E-state index in [1.165, 1.54) is 24.3 Å². The molecule has 0 bridgehead atoms. The van der Waals surface area contributed by atoms with Crippen molar-refractivity contribution >= 4 is 18.1 Å². The van der Waals surface area contributed by atoms with Gasteiger partial charge in [-0.3, -0.25) is 10.1 Å². The smallest absolute Gasteiger partial charge is 0.225 e. The van der Waals surface area contributed by atoms with Crippen LogP contribution in [-0.4, -0.2) is 73.1 Å². The second kappa shape index (κ2) is 10.1. The molecule has 3 aromatic heterocycles. The van der Waals surface area contributed by atoms with E-state index in [0.717, 1.165) is 6.34 Å². The van der Waals surface area contributed by atoms with Gasteiger partial charge in [-0.2, -0.15) is 5.10 Å². The number of aliphatic imine (C=N–C) groups is 1. The van der Waals surface area contributed by atoms with Gasteiger partial charge in [-0.15, -0.1) is 0 Å². The van der Waals surface area contributed by atoms with Crippen molar-refractivity contribution in [2.75, 3.05) is 31.1 Å². The number of aryl methyl sites for hydroxylation is 1. The molecule has 1 aromatic carbocycles. The zero-order valence-corrected chi connectivity index (χ0v) is 20.9. The predicted molar refractivity (Wildman–Crippen MR) is 139 cm³/mol. The fourth-order valence-electron chi connectivity index (χ4n) is 4.50. The van der Waals surface area contributed by atoms with E-state index in [1.54, 1.807) is 49.6 Å². The average Bonchev–Trinajstić information content (AvgIpc) is 3.52. The molecule has 3 N–H and O–H groups in total. The van der Waals surface area contributed by atoms with Gasteiger partial charge in [-0.25, -0.2) is 23.7 Å². The van der Waals surface area contributed by atoms with E-state index in [1.807, 2.05) is 9.80 Å². The standard InChI is InChI=1S/C26H27F2N9O/c1-26(38,18-3-5-20(27)6-4-18)19-12-31-25(32-13-19)37-9-7-36(8-10-37)24(33-16-29)23-22(28)21(14-30-23)17-11-34-35(2)15-17/h3-6,11-16,29-30,38H,7-10H2,1-2H3/t26-/m1/s1. The zero-order chi connectivity index (χ0) is 26.9. The van der Waals surface area contributed by atoms with Crippen LogP contribution in [0.1, 0.15) is 23.7 Å². The molecular formula is C26H27F2N9O. The third-order valence-corrected chi connectivity index (χ3v) is 6.71. The van der Waals surface area contributed by atoms with Gasteiger partial charge in [0.2, 0.25) is 5.95 Å². The first kappa shape index (κ1) is 25.2. The van der Waals surface area contributed by atoms with Crippen LogP contribution in [-0.2, 0) is 12.6 Å². The normalized spacial score (nSPS) is 16.0. The quantitative estimate of drug-likeness (QED) is 0.266. The number of anilines is 1. The fourth-order valence-corrected chi connectivity index (χ4v) is 4.50. The minimum atomic E-state index is -1.38. The predicted octanol–water partition coefficient (Wildman–Crippen LogP) is 2.92. The number of aromatic nitrogens is 5. The van der Waals surface area contributed by atoms with Crippen molar-refractivity contribution in [1.82, 2.24) is 29.6 Å². The van der Waals surface area contributed by atoms with Crippen LogP contribution in [0.4, 0.5) is 14.7 Å². The number of piperazine rings is 1. The molecule has 1 fully saturated rings. The highest BCUT2D eigenvalue weighted by molar-refractivity contribution is 6.02. The van der Waals surface area contributed by atoms with Crippen LogP contribution in [0.2, 0.25) is 0 Å². The summed E-state index contributed by atoms with van der Waals surface area (Å²) in [4.78, 5) is 19.9. The highest BCUT2D eigenvalue weighted by Gasteiger charge is 2.29. The number of amidine groups is 1. The number of benzene rings is 1. The number of nitrogens with zero attached hydrogens (tertiary/aromatic N) is 7. The van der Waals surface area contributed by atoms with Gasteiger partial charge in [0.15, 0.2) is 11.7 Å². The van der Waals surface area contributed by atoms with Crippen LogP contribution in [0.25, 0.3) is 11.1 Å². The maximum atomic E-state index is 15.4. The van der Waals surface area contributed by atoms with Crippen molar-refractivity contribution in [2.45, 2.75) is 12.5 Å². The van der Waals surface area contributed by atoms with E-state index in [2.05, 4.69) is 25.0 Å². The molecule has 1 atom stereocenters. The first-order valence-electron chi connectivity index (χ1n) is 12.0. The second-order valence-electron chi connectivity index (χ2n) is 9.20. The Labute approximate surface area is 217 Å². The van der Waals surface area contributed by atoms with E-state index >= 15 is 4.39 Å². The topological polar surface area (TPSA) is 122 Å². The third kappa shape index (κ3) is 4.77. The lowest BCUT2D eigenvalue weighted by Crippen LogP contribution is -2.49. The summed E-state index contributed by atoms with van der Waals surface area (Å²) in [7, 11) is 1.77. The maximum Gasteiger partial charge on any atom is 0.225 e. The average molecular weight is 520 g/mol. The first-order chi connectivity index (χ1) is 18.3. The van der Waals surface area contributed by atoms with Crippen LogP contribution in [0, 0.1) is 17.0 Å². The van der Waals surface area contributed by atoms with E-state index < -0.39 is 11.4 Å². The van der Waals surface area contributed by atoms with Crippen molar-refractivity contribution in [2.24, 2.45) is 12.0 Å². The van der Waals surface area contributed by atoms with Crippen molar-refractivity contribution in [3.05, 3.63) is 83.7 Å². The Morgan fingerprint density at radius 1 is 1.08 bits per heavy atom. The largest absolute Gasteiger partial charge is 0.381 e. The van der Waals surface area contributed by atoms with Gasteiger partial charge >= 0.3 is 0 Å². The molecular weight excluding hydrogens is 492 g/mol. The number of aliphatic hydroxyl groups is 1. The number of halogens is 2. The van der Waals surface area contributed by atoms with Gasteiger partial charge in [0.05, 0.1) is 6.20 Å². The molecule has 5 rings (SSSR count). The molecule has 1 aliphatic rings. The van der Waals surface area contributed by atoms with Crippen molar-refractivity contribution in [3.63, 3.8) is 0 Å². The Morgan fingerprint density at radius 3 is 2.37 bits per heavy atom. The summed E-state index contributed by atoms with van der Waals surface area (Å²) in [6, 6.07) is 5.66. The summed E-state index contributed by atoms with van der Waals surface area (Å²) in [5.41, 5.74) is 0.880. The molecule has 0 amide bonds. The Kier molecular flexibility index (Phi) is 6.72. The van der Waals surface area contributed by atoms with Crippen molar-refractivity contribution in [3.8, 4) is 11.1 Å². The molecule has 38 heavy (non-hydrogen) atoms. The van der Waals surface area contributed by atoms with E-state index in [4.69, 9.17) is 5.41 Å². The molecule has 0 spiro atoms. The lowest BCUT2D eigenvalue weighted by Gasteiger charge is -2.36. The number of aromatic amines is 1. The second-order valence-corrected chi connectivity index (χ2v) is 9.20. The Morgan fingerprint density at radius 2 is 1.76 bits per heavy atom. The molecule has 4 heterocycles. The van der Waals surface area contributed by atoms with Crippen molar-refractivity contribution < 1.29 is 13.9 Å². The number of hydrogen-bond acceptors (Lipinski definition) is 6. The molecule has 0 unspecified atom stereocenters. The summed E-state index contributed by atoms with van der Waals surface area (Å²) in [5.74, 6) is 0.0166. The van der Waals surface area contributed by atoms with Gasteiger partial charge in [0.25, 0.3) is 0 Å². The summed E-state index contributed by atoms with van der Waals surface area (Å²) in [6.07, 6.45) is 8.93. The Balaban J connectivity index is 1.28. The molecule has 0 aliphatic carbocycles. The lowest BCUT2D eigenvalue weighted by molar-refractivity contribution is 0.101. The third-order valence-electron chi connectivity index (χ3n) is 6.71. The minimum Gasteiger partial charge on any atom is -0.381 e. The van der Waals surface area contributed by atoms with E-state index in [-0.39, 0.29) is 11.5 Å². The van der Waals surface area contributed by atoms with Gasteiger partial charge < -0.3 is 19.9 Å². The summed E-state index contributed by atoms with van der Waals surface area (Å²) < 4.78 is 30.2. The maximum absolute atomic E-state index is 15.4. The molecule has 4 aromatic rings. The van der Waals surface area contributed by atoms with Crippen LogP contribution in [0.15, 0.2) is 60.2 Å². The summed E-state index contributed by atoms with van der Waals surface area (Å²) in [6.45, 7) is 3.71. The lowest BCUT2D eigenvalue weighted by atomic mass is 9.90. The minimum absolute atomic E-state index is 0.212. The highest BCUT2D eigenvalue weighted by atomic mass is 19.1. The highest BCUT2D eigenvalue weighted by Crippen LogP contribution is 2.29. The number of rotatable bonds is 6. The number of hydrogen-bond donors (Lipinski definition) is 3. The Bertz CT molecular complexity index is 1450. The van der Waals surface area contributed by atoms with Gasteiger partial charge in [0.1, 0.15) is 23.5 Å². The zero-order valence-electron chi connectivity index (χ0n) is 20.9. The molecule has 1 aliphatic heterocycles. The molecule has 0 radical (unpaired) electrons. The molecule has 10 nitrogen and oxygen atoms in total. The number of nitrogens with one attached hydrogen (secondary N) is 2. The number of H-pyrrole nitrogens is 1. The van der Waals surface area contributed by atoms with Crippen LogP contribution in [0.3, 0.4) is 0 Å². The summed E-state index contributed by atoms with van der Waals surface area (Å²) in [5, 5.41) is 22.6. The van der Waals surface area contributed by atoms with Gasteiger partial charge in [-0.1, -0.05) is 12.1 Å². The van der Waals surface area contributed by atoms with Crippen molar-refractivity contribution in [1.29, 1.82) is 5.41 Å². The monoisotopic (exact) mass is 519 g/mol. The van der Waals surface area contributed by atoms with Gasteiger partial charge in [-0.05, 0) is 24.6 Å². The molecule has 196 valence electrons. The van der Waals surface area contributed by atoms with Crippen LogP contribution in [0.5, 0.6) is 0 Å². The van der Waals surface area contributed by atoms with Crippen LogP contribution >= 0.6 is 0 Å². The fraction of sp³-hybridized carbons (Fsp3) is 0.269. The van der Waals surface area contributed by atoms with E-state index in [9.17, 15) is 9.50 Å². The molecule has 0 saturated carbocycles. The Hall–Kier alpha value is -4.45. The van der Waals surface area contributed by atoms with E-state index in [0.29, 0.717) is 60.2 Å². The van der Waals surface area contributed by atoms with Crippen LogP contribution < -0.4 is 4.90 Å². The summed E-state index contributed by atoms with van der Waals surface area (Å²) >= 11 is 0. The SMILES string of the molecule is Cn1cc(-c2c[nH]c(C(=NC=N)N3CCN(c4ncc([C@](C)(O)c5ccc(F)cc5)cn4)CC3)c2F)cn1. The van der Waals surface area contributed by atoms with Gasteiger partial charge in [0, 0.05) is 74.7 Å². The first-order valence-corrected chi connectivity index (χ1v) is 12.0.